The molecule has 0 saturated carbocycles. The molecule has 4 rings (SSSR count). The minimum absolute atomic E-state index is 0.197. The van der Waals surface area contributed by atoms with Crippen LogP contribution < -0.4 is 5.32 Å². The number of hydrogen-bond donors (Lipinski definition) is 1. The number of pyridine rings is 1. The fraction of sp³-hybridized carbons (Fsp3) is 0. The molecule has 1 aromatic carbocycles. The van der Waals surface area contributed by atoms with Gasteiger partial charge in [0.25, 0.3) is 5.91 Å². The smallest absolute Gasteiger partial charge is 0.255 e. The molecule has 118 valence electrons. The lowest BCUT2D eigenvalue weighted by molar-refractivity contribution is 0.102. The Labute approximate surface area is 145 Å². The highest BCUT2D eigenvalue weighted by molar-refractivity contribution is 9.10. The second kappa shape index (κ2) is 5.93. The summed E-state index contributed by atoms with van der Waals surface area (Å²) in [4.78, 5) is 12.5. The molecule has 24 heavy (non-hydrogen) atoms. The topological polar surface area (TPSA) is 64.2 Å². The second-order valence-electron chi connectivity index (χ2n) is 5.23. The first-order chi connectivity index (χ1) is 11.7. The molecule has 0 saturated heterocycles. The van der Waals surface area contributed by atoms with E-state index in [0.29, 0.717) is 16.9 Å². The first-order valence-electron chi connectivity index (χ1n) is 7.24. The van der Waals surface area contributed by atoms with Crippen LogP contribution >= 0.6 is 15.9 Å². The van der Waals surface area contributed by atoms with Crippen molar-refractivity contribution in [1.29, 1.82) is 0 Å². The Morgan fingerprint density at radius 3 is 2.62 bits per heavy atom. The van der Waals surface area contributed by atoms with Gasteiger partial charge in [0, 0.05) is 34.3 Å². The maximum Gasteiger partial charge on any atom is 0.255 e. The van der Waals surface area contributed by atoms with Crippen LogP contribution in [0.5, 0.6) is 0 Å². The van der Waals surface area contributed by atoms with Crippen LogP contribution in [-0.2, 0) is 0 Å². The monoisotopic (exact) mass is 381 g/mol. The first kappa shape index (κ1) is 14.6. The van der Waals surface area contributed by atoms with E-state index in [2.05, 4.69) is 31.4 Å². The van der Waals surface area contributed by atoms with E-state index < -0.39 is 0 Å². The van der Waals surface area contributed by atoms with Gasteiger partial charge >= 0.3 is 0 Å². The van der Waals surface area contributed by atoms with Gasteiger partial charge in [0.1, 0.15) is 6.33 Å². The highest BCUT2D eigenvalue weighted by atomic mass is 79.9. The van der Waals surface area contributed by atoms with Gasteiger partial charge in [-0.3, -0.25) is 9.20 Å². The number of carbonyl (C=O) groups excluding carboxylic acids is 1. The van der Waals surface area contributed by atoms with Crippen molar-refractivity contribution < 1.29 is 4.79 Å². The van der Waals surface area contributed by atoms with Gasteiger partial charge in [-0.2, -0.15) is 0 Å². The Balaban J connectivity index is 1.60. The minimum atomic E-state index is -0.197. The molecule has 0 radical (unpaired) electrons. The summed E-state index contributed by atoms with van der Waals surface area (Å²) in [6.45, 7) is 0. The van der Waals surface area contributed by atoms with Gasteiger partial charge in [-0.05, 0) is 58.4 Å². The van der Waals surface area contributed by atoms with E-state index in [9.17, 15) is 4.79 Å². The highest BCUT2D eigenvalue weighted by Crippen LogP contribution is 2.21. The predicted octanol–water partition coefficient (Wildman–Crippen LogP) is 3.53. The molecule has 3 aromatic heterocycles. The Hall–Kier alpha value is -2.93. The maximum atomic E-state index is 12.5. The molecule has 4 aromatic rings. The summed E-state index contributed by atoms with van der Waals surface area (Å²) in [5, 5.41) is 10.8. The average Bonchev–Trinajstić information content (AvgIpc) is 3.26. The van der Waals surface area contributed by atoms with E-state index in [4.69, 9.17) is 0 Å². The standard InChI is InChI=1S/C17H12BrN5O/c18-13-9-15(16-21-19-11-23(16)10-13)20-17(24)12-3-5-14(6-4-12)22-7-1-2-8-22/h1-11H,(H,20,24). The van der Waals surface area contributed by atoms with E-state index in [-0.39, 0.29) is 5.91 Å². The Bertz CT molecular complexity index is 1010. The highest BCUT2D eigenvalue weighted by Gasteiger charge is 2.11. The van der Waals surface area contributed by atoms with Gasteiger partial charge in [0.05, 0.1) is 5.69 Å². The van der Waals surface area contributed by atoms with Crippen LogP contribution in [0.15, 0.2) is 71.9 Å². The van der Waals surface area contributed by atoms with Crippen LogP contribution in [0, 0.1) is 0 Å². The SMILES string of the molecule is O=C(Nc1cc(Br)cn2cnnc12)c1ccc(-n2cccc2)cc1. The zero-order valence-corrected chi connectivity index (χ0v) is 14.0. The summed E-state index contributed by atoms with van der Waals surface area (Å²) >= 11 is 3.42. The van der Waals surface area contributed by atoms with E-state index >= 15 is 0 Å². The lowest BCUT2D eigenvalue weighted by atomic mass is 10.2. The summed E-state index contributed by atoms with van der Waals surface area (Å²) in [5.74, 6) is -0.197. The third-order valence-electron chi connectivity index (χ3n) is 3.64. The van der Waals surface area contributed by atoms with Crippen LogP contribution in [0.4, 0.5) is 5.69 Å². The van der Waals surface area contributed by atoms with Gasteiger partial charge < -0.3 is 9.88 Å². The van der Waals surface area contributed by atoms with Crippen molar-refractivity contribution in [3.8, 4) is 5.69 Å². The van der Waals surface area contributed by atoms with Crippen LogP contribution in [0.25, 0.3) is 11.3 Å². The number of hydrogen-bond acceptors (Lipinski definition) is 3. The largest absolute Gasteiger partial charge is 0.324 e. The molecule has 0 fully saturated rings. The molecule has 3 heterocycles. The molecule has 0 aliphatic rings. The average molecular weight is 382 g/mol. The number of benzene rings is 1. The van der Waals surface area contributed by atoms with Gasteiger partial charge in [-0.15, -0.1) is 10.2 Å². The molecule has 7 heteroatoms. The Kier molecular flexibility index (Phi) is 3.62. The number of aromatic nitrogens is 4. The van der Waals surface area contributed by atoms with E-state index in [0.717, 1.165) is 10.2 Å². The second-order valence-corrected chi connectivity index (χ2v) is 6.14. The van der Waals surface area contributed by atoms with Gasteiger partial charge in [-0.1, -0.05) is 0 Å². The molecular weight excluding hydrogens is 370 g/mol. The summed E-state index contributed by atoms with van der Waals surface area (Å²) in [5.41, 5.74) is 2.76. The quantitative estimate of drug-likeness (QED) is 0.590. The fourth-order valence-corrected chi connectivity index (χ4v) is 2.93. The molecule has 0 spiro atoms. The summed E-state index contributed by atoms with van der Waals surface area (Å²) in [6.07, 6.45) is 7.33. The molecule has 1 amide bonds. The molecule has 0 aliphatic heterocycles. The zero-order valence-electron chi connectivity index (χ0n) is 12.4. The molecule has 6 nitrogen and oxygen atoms in total. The third kappa shape index (κ3) is 2.69. The number of nitrogens with zero attached hydrogens (tertiary/aromatic N) is 4. The third-order valence-corrected chi connectivity index (χ3v) is 4.07. The van der Waals surface area contributed by atoms with Gasteiger partial charge in [0.2, 0.25) is 0 Å². The lowest BCUT2D eigenvalue weighted by Crippen LogP contribution is -2.13. The Morgan fingerprint density at radius 1 is 1.12 bits per heavy atom. The van der Waals surface area contributed by atoms with Crippen LogP contribution in [-0.4, -0.2) is 25.1 Å². The number of anilines is 1. The van der Waals surface area contributed by atoms with Crippen molar-refractivity contribution in [3.63, 3.8) is 0 Å². The Morgan fingerprint density at radius 2 is 1.88 bits per heavy atom. The van der Waals surface area contributed by atoms with E-state index in [1.807, 2.05) is 47.4 Å². The number of amides is 1. The first-order valence-corrected chi connectivity index (χ1v) is 8.04. The minimum Gasteiger partial charge on any atom is -0.324 e. The van der Waals surface area contributed by atoms with Crippen molar-refractivity contribution in [2.45, 2.75) is 0 Å². The molecule has 0 atom stereocenters. The van der Waals surface area contributed by atoms with Crippen LogP contribution in [0.2, 0.25) is 0 Å². The number of rotatable bonds is 3. The predicted molar refractivity (Wildman–Crippen MR) is 94.4 cm³/mol. The number of carbonyl (C=O) groups is 1. The zero-order chi connectivity index (χ0) is 16.5. The number of nitrogens with one attached hydrogen (secondary N) is 1. The number of halogens is 1. The van der Waals surface area contributed by atoms with Crippen molar-refractivity contribution >= 4 is 33.2 Å². The molecule has 0 aliphatic carbocycles. The normalized spacial score (nSPS) is 10.9. The molecule has 0 bridgehead atoms. The van der Waals surface area contributed by atoms with Crippen LogP contribution in [0.1, 0.15) is 10.4 Å². The fourth-order valence-electron chi connectivity index (χ4n) is 2.48. The van der Waals surface area contributed by atoms with Crippen molar-refractivity contribution in [1.82, 2.24) is 19.2 Å². The van der Waals surface area contributed by atoms with Crippen molar-refractivity contribution in [2.75, 3.05) is 5.32 Å². The van der Waals surface area contributed by atoms with Crippen molar-refractivity contribution in [2.24, 2.45) is 0 Å². The molecule has 0 unspecified atom stereocenters. The number of fused-ring (bicyclic) bond motifs is 1. The van der Waals surface area contributed by atoms with Gasteiger partial charge in [0.15, 0.2) is 5.65 Å². The molecule has 1 N–H and O–H groups in total. The summed E-state index contributed by atoms with van der Waals surface area (Å²) in [6, 6.07) is 13.1. The van der Waals surface area contributed by atoms with E-state index in [1.165, 1.54) is 0 Å². The van der Waals surface area contributed by atoms with Crippen molar-refractivity contribution in [3.05, 3.63) is 77.4 Å². The maximum absolute atomic E-state index is 12.5. The lowest BCUT2D eigenvalue weighted by Gasteiger charge is -2.08. The summed E-state index contributed by atoms with van der Waals surface area (Å²) < 4.78 is 4.55. The van der Waals surface area contributed by atoms with Gasteiger partial charge in [-0.25, -0.2) is 0 Å². The van der Waals surface area contributed by atoms with E-state index in [1.54, 1.807) is 28.9 Å². The summed E-state index contributed by atoms with van der Waals surface area (Å²) in [7, 11) is 0. The van der Waals surface area contributed by atoms with Crippen LogP contribution in [0.3, 0.4) is 0 Å². The molecular formula is C17H12BrN5O.